The predicted molar refractivity (Wildman–Crippen MR) is 110 cm³/mol. The lowest BCUT2D eigenvalue weighted by Gasteiger charge is -2.12. The van der Waals surface area contributed by atoms with Gasteiger partial charge in [0.15, 0.2) is 5.96 Å². The van der Waals surface area contributed by atoms with Crippen molar-refractivity contribution < 1.29 is 4.79 Å². The molecule has 0 spiro atoms. The Kier molecular flexibility index (Phi) is 9.10. The Morgan fingerprint density at radius 3 is 2.21 bits per heavy atom. The van der Waals surface area contributed by atoms with E-state index in [9.17, 15) is 4.79 Å². The van der Waals surface area contributed by atoms with Gasteiger partial charge in [0.25, 0.3) is 0 Å². The number of amides is 1. The number of aliphatic imine (C=N–C) groups is 1. The largest absolute Gasteiger partial charge is 0.356 e. The molecule has 24 heavy (non-hydrogen) atoms. The van der Waals surface area contributed by atoms with E-state index >= 15 is 0 Å². The summed E-state index contributed by atoms with van der Waals surface area (Å²) in [7, 11) is 1.76. The monoisotopic (exact) mass is 444 g/mol. The van der Waals surface area contributed by atoms with Gasteiger partial charge in [-0.1, -0.05) is 29.3 Å². The highest BCUT2D eigenvalue weighted by Crippen LogP contribution is 2.28. The molecule has 5 nitrogen and oxygen atoms in total. The first-order valence-electron chi connectivity index (χ1n) is 8.38. The summed E-state index contributed by atoms with van der Waals surface area (Å²) in [4.78, 5) is 15.7. The molecule has 1 aliphatic carbocycles. The quantitative estimate of drug-likeness (QED) is 0.262. The van der Waals surface area contributed by atoms with Crippen molar-refractivity contribution >= 4 is 35.8 Å². The molecule has 1 aliphatic rings. The highest BCUT2D eigenvalue weighted by molar-refractivity contribution is 14.0. The number of rotatable bonds is 7. The summed E-state index contributed by atoms with van der Waals surface area (Å²) in [5.74, 6) is 1.23. The van der Waals surface area contributed by atoms with Gasteiger partial charge in [-0.2, -0.15) is 0 Å². The molecule has 1 fully saturated rings. The Hall–Kier alpha value is -1.31. The highest BCUT2D eigenvalue weighted by Gasteiger charge is 2.28. The van der Waals surface area contributed by atoms with Crippen molar-refractivity contribution in [3.63, 3.8) is 0 Å². The summed E-state index contributed by atoms with van der Waals surface area (Å²) in [6, 6.07) is 6.63. The van der Waals surface area contributed by atoms with Gasteiger partial charge in [0.05, 0.1) is 0 Å². The summed E-state index contributed by atoms with van der Waals surface area (Å²) in [5.41, 5.74) is 3.94. The minimum absolute atomic E-state index is 0. The van der Waals surface area contributed by atoms with Crippen LogP contribution in [-0.4, -0.2) is 38.5 Å². The Bertz CT molecular complexity index is 550. The summed E-state index contributed by atoms with van der Waals surface area (Å²) >= 11 is 0. The third kappa shape index (κ3) is 7.51. The molecule has 134 valence electrons. The van der Waals surface area contributed by atoms with Gasteiger partial charge in [0.2, 0.25) is 5.91 Å². The number of nitrogens with zero attached hydrogens (tertiary/aromatic N) is 1. The van der Waals surface area contributed by atoms with E-state index in [2.05, 4.69) is 53.0 Å². The number of hydrogen-bond acceptors (Lipinski definition) is 2. The second-order valence-electron chi connectivity index (χ2n) is 6.24. The van der Waals surface area contributed by atoms with E-state index in [0.29, 0.717) is 13.1 Å². The Labute approximate surface area is 162 Å². The van der Waals surface area contributed by atoms with Crippen LogP contribution in [0, 0.1) is 19.8 Å². The van der Waals surface area contributed by atoms with Crippen LogP contribution in [0.15, 0.2) is 23.2 Å². The zero-order valence-corrected chi connectivity index (χ0v) is 17.1. The average Bonchev–Trinajstić information content (AvgIpc) is 3.33. The van der Waals surface area contributed by atoms with Gasteiger partial charge in [-0.25, -0.2) is 0 Å². The number of carbonyl (C=O) groups is 1. The van der Waals surface area contributed by atoms with Gasteiger partial charge in [-0.05, 0) is 38.7 Å². The van der Waals surface area contributed by atoms with E-state index in [-0.39, 0.29) is 35.8 Å². The third-order valence-electron chi connectivity index (χ3n) is 3.88. The van der Waals surface area contributed by atoms with Crippen LogP contribution in [0.5, 0.6) is 0 Å². The smallest absolute Gasteiger partial charge is 0.223 e. The Morgan fingerprint density at radius 2 is 1.62 bits per heavy atom. The highest BCUT2D eigenvalue weighted by atomic mass is 127. The minimum Gasteiger partial charge on any atom is -0.356 e. The van der Waals surface area contributed by atoms with Crippen LogP contribution < -0.4 is 16.0 Å². The maximum absolute atomic E-state index is 11.5. The first kappa shape index (κ1) is 20.7. The summed E-state index contributed by atoms with van der Waals surface area (Å²) < 4.78 is 0. The van der Waals surface area contributed by atoms with Gasteiger partial charge in [0, 0.05) is 32.6 Å². The van der Waals surface area contributed by atoms with Crippen molar-refractivity contribution in [2.45, 2.75) is 33.1 Å². The standard InChI is InChI=1S/C18H28N4O.HI/c1-13-10-14(2)12-15(11-13)6-7-21-18(19-3)22-9-8-20-17(23)16-4-5-16;/h10-12,16H,4-9H2,1-3H3,(H,20,23)(H2,19,21,22);1H. The maximum Gasteiger partial charge on any atom is 0.223 e. The van der Waals surface area contributed by atoms with Crippen LogP contribution in [0.2, 0.25) is 0 Å². The van der Waals surface area contributed by atoms with Gasteiger partial charge in [-0.3, -0.25) is 9.79 Å². The molecule has 0 heterocycles. The van der Waals surface area contributed by atoms with Crippen molar-refractivity contribution in [1.29, 1.82) is 0 Å². The maximum atomic E-state index is 11.5. The molecular formula is C18H29IN4O. The predicted octanol–water partition coefficient (Wildman–Crippen LogP) is 2.16. The van der Waals surface area contributed by atoms with E-state index < -0.39 is 0 Å². The van der Waals surface area contributed by atoms with Crippen molar-refractivity contribution in [1.82, 2.24) is 16.0 Å². The summed E-state index contributed by atoms with van der Waals surface area (Å²) in [5, 5.41) is 9.46. The molecule has 0 saturated heterocycles. The number of aryl methyl sites for hydroxylation is 2. The van der Waals surface area contributed by atoms with E-state index in [0.717, 1.165) is 31.8 Å². The molecule has 0 aromatic heterocycles. The zero-order valence-electron chi connectivity index (χ0n) is 14.8. The number of carbonyl (C=O) groups excluding carboxylic acids is 1. The van der Waals surface area contributed by atoms with E-state index in [4.69, 9.17) is 0 Å². The van der Waals surface area contributed by atoms with Crippen LogP contribution in [0.1, 0.15) is 29.5 Å². The third-order valence-corrected chi connectivity index (χ3v) is 3.88. The molecule has 0 unspecified atom stereocenters. The van der Waals surface area contributed by atoms with Crippen molar-refractivity contribution in [2.75, 3.05) is 26.7 Å². The fourth-order valence-corrected chi connectivity index (χ4v) is 2.62. The fraction of sp³-hybridized carbons (Fsp3) is 0.556. The fourth-order valence-electron chi connectivity index (χ4n) is 2.62. The minimum atomic E-state index is 0. The summed E-state index contributed by atoms with van der Waals surface area (Å²) in [6.07, 6.45) is 3.05. The zero-order chi connectivity index (χ0) is 16.7. The molecule has 0 aliphatic heterocycles. The van der Waals surface area contributed by atoms with Crippen LogP contribution >= 0.6 is 24.0 Å². The van der Waals surface area contributed by atoms with Gasteiger partial charge >= 0.3 is 0 Å². The Morgan fingerprint density at radius 1 is 1.04 bits per heavy atom. The van der Waals surface area contributed by atoms with Crippen LogP contribution in [0.4, 0.5) is 0 Å². The normalized spacial score (nSPS) is 13.9. The Balaban J connectivity index is 0.00000288. The van der Waals surface area contributed by atoms with Gasteiger partial charge < -0.3 is 16.0 Å². The van der Waals surface area contributed by atoms with Crippen molar-refractivity contribution in [3.05, 3.63) is 34.9 Å². The molecule has 0 radical (unpaired) electrons. The number of nitrogens with one attached hydrogen (secondary N) is 3. The molecule has 1 aromatic carbocycles. The molecule has 1 saturated carbocycles. The molecule has 6 heteroatoms. The van der Waals surface area contributed by atoms with Crippen LogP contribution in [0.3, 0.4) is 0 Å². The molecule has 2 rings (SSSR count). The SMILES string of the molecule is CN=C(NCCNC(=O)C1CC1)NCCc1cc(C)cc(C)c1.I. The summed E-state index contributed by atoms with van der Waals surface area (Å²) in [6.45, 7) is 6.40. The van der Waals surface area contributed by atoms with Gasteiger partial charge in [-0.15, -0.1) is 24.0 Å². The number of guanidine groups is 1. The molecule has 0 atom stereocenters. The molecule has 1 aromatic rings. The number of benzene rings is 1. The number of halogens is 1. The van der Waals surface area contributed by atoms with E-state index in [1.165, 1.54) is 16.7 Å². The first-order valence-corrected chi connectivity index (χ1v) is 8.38. The van der Waals surface area contributed by atoms with Crippen LogP contribution in [0.25, 0.3) is 0 Å². The lowest BCUT2D eigenvalue weighted by molar-refractivity contribution is -0.122. The number of hydrogen-bond donors (Lipinski definition) is 3. The lowest BCUT2D eigenvalue weighted by Crippen LogP contribution is -2.42. The topological polar surface area (TPSA) is 65.5 Å². The van der Waals surface area contributed by atoms with Gasteiger partial charge in [0.1, 0.15) is 0 Å². The molecule has 3 N–H and O–H groups in total. The lowest BCUT2D eigenvalue weighted by atomic mass is 10.1. The molecular weight excluding hydrogens is 415 g/mol. The van der Waals surface area contributed by atoms with E-state index in [1.807, 2.05) is 0 Å². The second kappa shape index (κ2) is 10.5. The molecule has 1 amide bonds. The molecule has 0 bridgehead atoms. The first-order chi connectivity index (χ1) is 11.1. The van der Waals surface area contributed by atoms with Crippen LogP contribution in [-0.2, 0) is 11.2 Å². The average molecular weight is 444 g/mol. The van der Waals surface area contributed by atoms with Crippen molar-refractivity contribution in [2.24, 2.45) is 10.9 Å². The van der Waals surface area contributed by atoms with E-state index in [1.54, 1.807) is 7.05 Å². The van der Waals surface area contributed by atoms with Crippen molar-refractivity contribution in [3.8, 4) is 0 Å². The second-order valence-corrected chi connectivity index (χ2v) is 6.24.